The van der Waals surface area contributed by atoms with E-state index < -0.39 is 6.10 Å². The molecule has 0 saturated heterocycles. The topological polar surface area (TPSA) is 32.3 Å². The smallest absolute Gasteiger partial charge is 0.0984 e. The Kier molecular flexibility index (Phi) is 5.65. The van der Waals surface area contributed by atoms with Crippen LogP contribution in [0.4, 0.5) is 0 Å². The van der Waals surface area contributed by atoms with Crippen LogP contribution in [0.3, 0.4) is 0 Å². The molecule has 24 heavy (non-hydrogen) atoms. The van der Waals surface area contributed by atoms with Gasteiger partial charge < -0.3 is 10.4 Å². The summed E-state index contributed by atoms with van der Waals surface area (Å²) < 4.78 is 0. The number of benzene rings is 3. The van der Waals surface area contributed by atoms with Gasteiger partial charge in [0.2, 0.25) is 0 Å². The Bertz CT molecular complexity index is 744. The van der Waals surface area contributed by atoms with E-state index in [1.54, 1.807) is 0 Å². The third-order valence-corrected chi connectivity index (χ3v) is 4.31. The van der Waals surface area contributed by atoms with Crippen LogP contribution in [0.1, 0.15) is 28.8 Å². The number of rotatable bonds is 6. The van der Waals surface area contributed by atoms with Crippen LogP contribution in [0.5, 0.6) is 0 Å². The number of halogens is 1. The maximum atomic E-state index is 10.9. The van der Waals surface area contributed by atoms with Crippen LogP contribution in [-0.2, 0) is 6.54 Å². The van der Waals surface area contributed by atoms with Crippen LogP contribution < -0.4 is 5.32 Å². The minimum atomic E-state index is -0.643. The van der Waals surface area contributed by atoms with Crippen LogP contribution in [0, 0.1) is 0 Å². The monoisotopic (exact) mass is 337 g/mol. The minimum absolute atomic E-state index is 0.218. The lowest BCUT2D eigenvalue weighted by atomic mass is 9.95. The van der Waals surface area contributed by atoms with Crippen molar-refractivity contribution in [1.29, 1.82) is 0 Å². The van der Waals surface area contributed by atoms with Gasteiger partial charge in [-0.1, -0.05) is 84.4 Å². The second-order valence-corrected chi connectivity index (χ2v) is 6.19. The molecule has 0 amide bonds. The highest BCUT2D eigenvalue weighted by molar-refractivity contribution is 6.30. The second-order valence-electron chi connectivity index (χ2n) is 5.75. The lowest BCUT2D eigenvalue weighted by Crippen LogP contribution is -2.27. The van der Waals surface area contributed by atoms with Gasteiger partial charge in [-0.3, -0.25) is 0 Å². The summed E-state index contributed by atoms with van der Waals surface area (Å²) in [4.78, 5) is 0. The molecule has 2 atom stereocenters. The molecule has 2 N–H and O–H groups in total. The Hall–Kier alpha value is -2.13. The zero-order valence-corrected chi connectivity index (χ0v) is 14.0. The second kappa shape index (κ2) is 8.11. The molecule has 0 spiro atoms. The summed E-state index contributed by atoms with van der Waals surface area (Å²) in [5, 5.41) is 15.1. The third-order valence-electron chi connectivity index (χ3n) is 4.05. The maximum absolute atomic E-state index is 10.9. The zero-order chi connectivity index (χ0) is 16.8. The van der Waals surface area contributed by atoms with Gasteiger partial charge >= 0.3 is 0 Å². The molecular formula is C21H20ClNO. The van der Waals surface area contributed by atoms with Crippen molar-refractivity contribution >= 4 is 11.6 Å². The number of aliphatic hydroxyl groups excluding tert-OH is 1. The van der Waals surface area contributed by atoms with Gasteiger partial charge in [0.15, 0.2) is 0 Å². The van der Waals surface area contributed by atoms with Gasteiger partial charge in [-0.25, -0.2) is 0 Å². The maximum Gasteiger partial charge on any atom is 0.0984 e. The SMILES string of the molecule is OC(c1ccccc1)C(NCc1ccccc1)c1ccc(Cl)cc1. The largest absolute Gasteiger partial charge is 0.386 e. The summed E-state index contributed by atoms with van der Waals surface area (Å²) in [6, 6.07) is 27.3. The highest BCUT2D eigenvalue weighted by atomic mass is 35.5. The molecule has 122 valence electrons. The van der Waals surface area contributed by atoms with Gasteiger partial charge in [0.25, 0.3) is 0 Å². The van der Waals surface area contributed by atoms with Crippen molar-refractivity contribution in [2.45, 2.75) is 18.7 Å². The fraction of sp³-hybridized carbons (Fsp3) is 0.143. The Morgan fingerprint density at radius 1 is 0.750 bits per heavy atom. The highest BCUT2D eigenvalue weighted by Crippen LogP contribution is 2.29. The molecule has 0 aliphatic rings. The fourth-order valence-electron chi connectivity index (χ4n) is 2.75. The van der Waals surface area contributed by atoms with E-state index in [0.29, 0.717) is 11.6 Å². The van der Waals surface area contributed by atoms with Crippen molar-refractivity contribution in [2.75, 3.05) is 0 Å². The summed E-state index contributed by atoms with van der Waals surface area (Å²) in [7, 11) is 0. The first-order valence-corrected chi connectivity index (χ1v) is 8.37. The fourth-order valence-corrected chi connectivity index (χ4v) is 2.87. The molecule has 0 saturated carbocycles. The molecule has 0 heterocycles. The summed E-state index contributed by atoms with van der Waals surface area (Å²) >= 11 is 6.00. The molecular weight excluding hydrogens is 318 g/mol. The third kappa shape index (κ3) is 4.24. The molecule has 3 rings (SSSR count). The molecule has 3 aromatic carbocycles. The molecule has 0 aliphatic carbocycles. The lowest BCUT2D eigenvalue weighted by Gasteiger charge is -2.25. The standard InChI is InChI=1S/C21H20ClNO/c22-19-13-11-17(12-14-19)20(21(24)18-9-5-2-6-10-18)23-15-16-7-3-1-4-8-16/h1-14,20-21,23-24H,15H2. The van der Waals surface area contributed by atoms with Crippen LogP contribution in [0.2, 0.25) is 5.02 Å². The minimum Gasteiger partial charge on any atom is -0.386 e. The predicted octanol–water partition coefficient (Wildman–Crippen LogP) is 4.90. The lowest BCUT2D eigenvalue weighted by molar-refractivity contribution is 0.127. The van der Waals surface area contributed by atoms with E-state index in [1.165, 1.54) is 5.56 Å². The van der Waals surface area contributed by atoms with E-state index in [1.807, 2.05) is 72.8 Å². The molecule has 2 nitrogen and oxygen atoms in total. The van der Waals surface area contributed by atoms with Crippen molar-refractivity contribution in [1.82, 2.24) is 5.32 Å². The molecule has 3 aromatic rings. The molecule has 0 bridgehead atoms. The molecule has 3 heteroatoms. The Balaban J connectivity index is 1.84. The van der Waals surface area contributed by atoms with Crippen molar-refractivity contribution in [3.63, 3.8) is 0 Å². The van der Waals surface area contributed by atoms with Gasteiger partial charge in [-0.15, -0.1) is 0 Å². The van der Waals surface area contributed by atoms with Gasteiger partial charge in [0.1, 0.15) is 0 Å². The number of hydrogen-bond donors (Lipinski definition) is 2. The highest BCUT2D eigenvalue weighted by Gasteiger charge is 2.22. The van der Waals surface area contributed by atoms with E-state index in [4.69, 9.17) is 11.6 Å². The molecule has 0 radical (unpaired) electrons. The van der Waals surface area contributed by atoms with E-state index in [-0.39, 0.29) is 6.04 Å². The van der Waals surface area contributed by atoms with Crippen molar-refractivity contribution < 1.29 is 5.11 Å². The van der Waals surface area contributed by atoms with Gasteiger partial charge in [0.05, 0.1) is 12.1 Å². The van der Waals surface area contributed by atoms with Crippen molar-refractivity contribution in [3.8, 4) is 0 Å². The van der Waals surface area contributed by atoms with Crippen molar-refractivity contribution in [2.24, 2.45) is 0 Å². The van der Waals surface area contributed by atoms with Crippen LogP contribution in [-0.4, -0.2) is 5.11 Å². The summed E-state index contributed by atoms with van der Waals surface area (Å²) in [6.45, 7) is 0.679. The first kappa shape index (κ1) is 16.7. The van der Waals surface area contributed by atoms with Gasteiger partial charge in [0, 0.05) is 11.6 Å². The molecule has 2 unspecified atom stereocenters. The number of aliphatic hydroxyl groups is 1. The van der Waals surface area contributed by atoms with Crippen molar-refractivity contribution in [3.05, 3.63) is 107 Å². The zero-order valence-electron chi connectivity index (χ0n) is 13.3. The van der Waals surface area contributed by atoms with Gasteiger partial charge in [-0.2, -0.15) is 0 Å². The normalized spacial score (nSPS) is 13.4. The van der Waals surface area contributed by atoms with Crippen LogP contribution >= 0.6 is 11.6 Å². The first-order chi connectivity index (χ1) is 11.7. The Labute approximate surface area is 147 Å². The van der Waals surface area contributed by atoms with Gasteiger partial charge in [-0.05, 0) is 28.8 Å². The average molecular weight is 338 g/mol. The number of hydrogen-bond acceptors (Lipinski definition) is 2. The summed E-state index contributed by atoms with van der Waals surface area (Å²) in [6.07, 6.45) is -0.643. The van der Waals surface area contributed by atoms with E-state index in [9.17, 15) is 5.11 Å². The first-order valence-electron chi connectivity index (χ1n) is 8.00. The Morgan fingerprint density at radius 3 is 1.96 bits per heavy atom. The van der Waals surface area contributed by atoms with Crippen LogP contribution in [0.15, 0.2) is 84.9 Å². The van der Waals surface area contributed by atoms with E-state index >= 15 is 0 Å². The summed E-state index contributed by atoms with van der Waals surface area (Å²) in [5.41, 5.74) is 3.07. The Morgan fingerprint density at radius 2 is 1.33 bits per heavy atom. The quantitative estimate of drug-likeness (QED) is 0.670. The number of nitrogens with one attached hydrogen (secondary N) is 1. The molecule has 0 fully saturated rings. The van der Waals surface area contributed by atoms with E-state index in [0.717, 1.165) is 11.1 Å². The van der Waals surface area contributed by atoms with E-state index in [2.05, 4.69) is 17.4 Å². The average Bonchev–Trinajstić information content (AvgIpc) is 2.65. The summed E-state index contributed by atoms with van der Waals surface area (Å²) in [5.74, 6) is 0. The molecule has 0 aliphatic heterocycles. The van der Waals surface area contributed by atoms with Crippen LogP contribution in [0.25, 0.3) is 0 Å². The predicted molar refractivity (Wildman–Crippen MR) is 98.9 cm³/mol. The molecule has 0 aromatic heterocycles.